The molecule has 0 bridgehead atoms. The maximum atomic E-state index is 12.9. The Morgan fingerprint density at radius 2 is 2.08 bits per heavy atom. The molecule has 64 valence electrons. The molecule has 0 aromatic heterocycles. The standard InChI is InChI=1S/C8H9FN2O/c1-11(10)8(12)6-4-2-3-5-7(6)9/h2-5H,10H2,1H3. The van der Waals surface area contributed by atoms with Crippen LogP contribution in [0.2, 0.25) is 0 Å². The van der Waals surface area contributed by atoms with Gasteiger partial charge in [-0.05, 0) is 12.1 Å². The Labute approximate surface area is 69.6 Å². The number of nitrogens with zero attached hydrogens (tertiary/aromatic N) is 1. The van der Waals surface area contributed by atoms with E-state index in [0.29, 0.717) is 0 Å². The molecule has 1 aromatic carbocycles. The molecule has 0 saturated heterocycles. The van der Waals surface area contributed by atoms with Gasteiger partial charge in [-0.1, -0.05) is 12.1 Å². The van der Waals surface area contributed by atoms with Gasteiger partial charge in [-0.25, -0.2) is 10.2 Å². The minimum Gasteiger partial charge on any atom is -0.280 e. The largest absolute Gasteiger partial charge is 0.280 e. The molecule has 0 aliphatic rings. The number of halogens is 1. The van der Waals surface area contributed by atoms with Gasteiger partial charge in [0.05, 0.1) is 5.56 Å². The number of nitrogens with two attached hydrogens (primary N) is 1. The van der Waals surface area contributed by atoms with Crippen LogP contribution in [0.3, 0.4) is 0 Å². The highest BCUT2D eigenvalue weighted by Gasteiger charge is 2.12. The number of hydrogen-bond donors (Lipinski definition) is 1. The van der Waals surface area contributed by atoms with Crippen LogP contribution >= 0.6 is 0 Å². The van der Waals surface area contributed by atoms with Crippen molar-refractivity contribution in [3.8, 4) is 0 Å². The molecule has 0 atom stereocenters. The lowest BCUT2D eigenvalue weighted by Crippen LogP contribution is -2.33. The monoisotopic (exact) mass is 168 g/mol. The van der Waals surface area contributed by atoms with E-state index < -0.39 is 11.7 Å². The van der Waals surface area contributed by atoms with E-state index in [2.05, 4.69) is 0 Å². The maximum Gasteiger partial charge on any atom is 0.270 e. The van der Waals surface area contributed by atoms with E-state index in [9.17, 15) is 9.18 Å². The lowest BCUT2D eigenvalue weighted by atomic mass is 10.2. The molecule has 0 spiro atoms. The molecule has 1 rings (SSSR count). The Kier molecular flexibility index (Phi) is 2.40. The molecule has 1 amide bonds. The summed E-state index contributed by atoms with van der Waals surface area (Å²) in [5, 5.41) is 0.846. The minimum atomic E-state index is -0.556. The van der Waals surface area contributed by atoms with E-state index in [4.69, 9.17) is 5.84 Å². The third-order valence-electron chi connectivity index (χ3n) is 1.42. The van der Waals surface area contributed by atoms with Crippen LogP contribution in [0.15, 0.2) is 24.3 Å². The van der Waals surface area contributed by atoms with Gasteiger partial charge in [0.15, 0.2) is 0 Å². The number of amides is 1. The third kappa shape index (κ3) is 1.60. The first kappa shape index (κ1) is 8.67. The van der Waals surface area contributed by atoms with E-state index in [1.54, 1.807) is 6.07 Å². The lowest BCUT2D eigenvalue weighted by Gasteiger charge is -2.09. The molecule has 0 aliphatic heterocycles. The summed E-state index contributed by atoms with van der Waals surface area (Å²) in [7, 11) is 1.37. The fourth-order valence-corrected chi connectivity index (χ4v) is 0.825. The van der Waals surface area contributed by atoms with Crippen molar-refractivity contribution in [2.45, 2.75) is 0 Å². The predicted molar refractivity (Wildman–Crippen MR) is 42.7 cm³/mol. The third-order valence-corrected chi connectivity index (χ3v) is 1.42. The summed E-state index contributed by atoms with van der Waals surface area (Å²) >= 11 is 0. The van der Waals surface area contributed by atoms with Gasteiger partial charge >= 0.3 is 0 Å². The number of carbonyl (C=O) groups excluding carboxylic acids is 1. The van der Waals surface area contributed by atoms with Crippen molar-refractivity contribution in [2.24, 2.45) is 5.84 Å². The van der Waals surface area contributed by atoms with Gasteiger partial charge in [-0.15, -0.1) is 0 Å². The van der Waals surface area contributed by atoms with E-state index in [1.807, 2.05) is 0 Å². The molecule has 12 heavy (non-hydrogen) atoms. The smallest absolute Gasteiger partial charge is 0.270 e. The molecule has 0 radical (unpaired) electrons. The lowest BCUT2D eigenvalue weighted by molar-refractivity contribution is 0.0790. The summed E-state index contributed by atoms with van der Waals surface area (Å²) in [6.45, 7) is 0. The highest BCUT2D eigenvalue weighted by Crippen LogP contribution is 2.06. The van der Waals surface area contributed by atoms with Crippen molar-refractivity contribution in [3.05, 3.63) is 35.6 Å². The molecule has 0 saturated carbocycles. The fourth-order valence-electron chi connectivity index (χ4n) is 0.825. The molecule has 2 N–H and O–H groups in total. The number of rotatable bonds is 1. The Hall–Kier alpha value is -1.42. The van der Waals surface area contributed by atoms with Gasteiger partial charge in [-0.3, -0.25) is 9.80 Å². The van der Waals surface area contributed by atoms with E-state index in [1.165, 1.54) is 25.2 Å². The second-order valence-corrected chi connectivity index (χ2v) is 2.40. The van der Waals surface area contributed by atoms with E-state index >= 15 is 0 Å². The predicted octanol–water partition coefficient (Wildman–Crippen LogP) is 0.771. The van der Waals surface area contributed by atoms with Gasteiger partial charge in [0.25, 0.3) is 5.91 Å². The van der Waals surface area contributed by atoms with Gasteiger partial charge in [0.2, 0.25) is 0 Å². The average Bonchev–Trinajstić information content (AvgIpc) is 2.04. The summed E-state index contributed by atoms with van der Waals surface area (Å²) in [4.78, 5) is 11.1. The molecule has 4 heteroatoms. The van der Waals surface area contributed by atoms with Crippen LogP contribution < -0.4 is 5.84 Å². The second kappa shape index (κ2) is 3.32. The summed E-state index contributed by atoms with van der Waals surface area (Å²) in [6.07, 6.45) is 0. The highest BCUT2D eigenvalue weighted by atomic mass is 19.1. The Morgan fingerprint density at radius 1 is 1.50 bits per heavy atom. The number of carbonyl (C=O) groups is 1. The van der Waals surface area contributed by atoms with E-state index in [0.717, 1.165) is 5.01 Å². The summed E-state index contributed by atoms with van der Waals surface area (Å²) in [6, 6.07) is 5.71. The van der Waals surface area contributed by atoms with Gasteiger partial charge < -0.3 is 0 Å². The normalized spacial score (nSPS) is 9.58. The maximum absolute atomic E-state index is 12.9. The Bertz CT molecular complexity index is 299. The average molecular weight is 168 g/mol. The number of hydrazine groups is 1. The first-order valence-electron chi connectivity index (χ1n) is 3.40. The first-order valence-corrected chi connectivity index (χ1v) is 3.40. The molecule has 0 aliphatic carbocycles. The van der Waals surface area contributed by atoms with Gasteiger partial charge in [0.1, 0.15) is 5.82 Å². The summed E-state index contributed by atoms with van der Waals surface area (Å²) < 4.78 is 12.9. The molecule has 3 nitrogen and oxygen atoms in total. The minimum absolute atomic E-state index is 0.0116. The van der Waals surface area contributed by atoms with Crippen LogP contribution in [0.4, 0.5) is 4.39 Å². The highest BCUT2D eigenvalue weighted by molar-refractivity contribution is 5.93. The van der Waals surface area contributed by atoms with Crippen LogP contribution in [0.1, 0.15) is 10.4 Å². The second-order valence-electron chi connectivity index (χ2n) is 2.40. The summed E-state index contributed by atoms with van der Waals surface area (Å²) in [5.41, 5.74) is -0.0116. The van der Waals surface area contributed by atoms with Crippen molar-refractivity contribution in [2.75, 3.05) is 7.05 Å². The zero-order valence-corrected chi connectivity index (χ0v) is 6.62. The van der Waals surface area contributed by atoms with Crippen LogP contribution in [0, 0.1) is 5.82 Å². The van der Waals surface area contributed by atoms with Crippen LogP contribution in [0.25, 0.3) is 0 Å². The number of hydrogen-bond acceptors (Lipinski definition) is 2. The van der Waals surface area contributed by atoms with Gasteiger partial charge in [-0.2, -0.15) is 0 Å². The Balaban J connectivity index is 3.03. The molecular weight excluding hydrogens is 159 g/mol. The topological polar surface area (TPSA) is 46.3 Å². The van der Waals surface area contributed by atoms with Gasteiger partial charge in [0, 0.05) is 7.05 Å². The molecule has 0 heterocycles. The van der Waals surface area contributed by atoms with Crippen molar-refractivity contribution >= 4 is 5.91 Å². The zero-order chi connectivity index (χ0) is 9.14. The van der Waals surface area contributed by atoms with Crippen molar-refractivity contribution in [1.82, 2.24) is 5.01 Å². The van der Waals surface area contributed by atoms with Crippen molar-refractivity contribution in [1.29, 1.82) is 0 Å². The summed E-state index contributed by atoms with van der Waals surface area (Å²) in [5.74, 6) is 4.06. The quantitative estimate of drug-likeness (QED) is 0.382. The van der Waals surface area contributed by atoms with Crippen LogP contribution in [-0.2, 0) is 0 Å². The van der Waals surface area contributed by atoms with E-state index in [-0.39, 0.29) is 5.56 Å². The SMILES string of the molecule is CN(N)C(=O)c1ccccc1F. The first-order chi connectivity index (χ1) is 5.63. The molecule has 1 aromatic rings. The van der Waals surface area contributed by atoms with Crippen LogP contribution in [-0.4, -0.2) is 18.0 Å². The van der Waals surface area contributed by atoms with Crippen molar-refractivity contribution in [3.63, 3.8) is 0 Å². The zero-order valence-electron chi connectivity index (χ0n) is 6.62. The number of benzene rings is 1. The molecule has 0 fully saturated rings. The molecule has 0 unspecified atom stereocenters. The Morgan fingerprint density at radius 3 is 2.58 bits per heavy atom. The molecular formula is C8H9FN2O. The fraction of sp³-hybridized carbons (Fsp3) is 0.125. The van der Waals surface area contributed by atoms with Crippen LogP contribution in [0.5, 0.6) is 0 Å². The van der Waals surface area contributed by atoms with Crippen molar-refractivity contribution < 1.29 is 9.18 Å².